The van der Waals surface area contributed by atoms with Gasteiger partial charge < -0.3 is 29.6 Å². The van der Waals surface area contributed by atoms with Crippen LogP contribution in [0, 0.1) is 18.6 Å². The van der Waals surface area contributed by atoms with Gasteiger partial charge in [0.2, 0.25) is 5.91 Å². The zero-order chi connectivity index (χ0) is 42.9. The summed E-state index contributed by atoms with van der Waals surface area (Å²) in [5, 5.41) is 6.18. The molecule has 2 N–H and O–H groups in total. The quantitative estimate of drug-likeness (QED) is 0.141. The minimum atomic E-state index is -0.440. The van der Waals surface area contributed by atoms with Gasteiger partial charge in [0, 0.05) is 43.2 Å². The van der Waals surface area contributed by atoms with Crippen molar-refractivity contribution in [3.63, 3.8) is 0 Å². The van der Waals surface area contributed by atoms with Crippen LogP contribution in [0.1, 0.15) is 28.9 Å². The number of nitrogens with zero attached hydrogens (tertiary/aromatic N) is 2. The molecular formula is C51H48F2N4O5. The Labute approximate surface area is 360 Å². The van der Waals surface area contributed by atoms with Crippen molar-refractivity contribution in [3.05, 3.63) is 205 Å². The second-order valence-corrected chi connectivity index (χ2v) is 14.5. The summed E-state index contributed by atoms with van der Waals surface area (Å²) >= 11 is 0. The smallest absolute Gasteiger partial charge is 0.246 e. The number of carbonyl (C=O) groups is 1. The predicted molar refractivity (Wildman–Crippen MR) is 235 cm³/mol. The monoisotopic (exact) mass is 834 g/mol. The number of nitrogens with one attached hydrogen (secondary N) is 2. The molecule has 0 bridgehead atoms. The number of amides is 1. The Morgan fingerprint density at radius 2 is 1.05 bits per heavy atom. The standard InChI is InChI=1S/C22H19FN2O3.C22H21FN2O2.C7H8/c23-17-10-8-15(9-11-17)21-18(7-4-12-24-21)28-22(16-5-2-1-3-6-16)19-13-25-20(26)14-27-19;23-18-10-8-16(9-11-18)21-19(7-4-12-25-21)27-22(17-5-2-1-3-6-17)20-15-24-13-14-26-20;1-7-5-3-2-4-6-7/h1-12,19,22H,13-14H2,(H,25,26);1-12,20,22,24H,13-15H2;2-6H,1H3/t19-,22-;20-,22-;/m00./s1. The SMILES string of the molecule is Cc1ccccc1.Fc1ccc(-c2ncccc2O[C@@H](c2ccccc2)[C@@H]2CNCCO2)cc1.O=C1CO[C@H]([C@@H](Oc2cccnc2-c2ccc(F)cc2)c2ccccc2)CN1. The first-order valence-electron chi connectivity index (χ1n) is 20.5. The molecule has 0 saturated carbocycles. The van der Waals surface area contributed by atoms with Gasteiger partial charge in [-0.25, -0.2) is 8.78 Å². The van der Waals surface area contributed by atoms with Crippen LogP contribution < -0.4 is 20.1 Å². The molecule has 2 aromatic heterocycles. The van der Waals surface area contributed by atoms with E-state index in [4.69, 9.17) is 18.9 Å². The molecule has 0 unspecified atom stereocenters. The molecule has 9 nitrogen and oxygen atoms in total. The van der Waals surface area contributed by atoms with Crippen LogP contribution in [0.25, 0.3) is 22.5 Å². The number of carbonyl (C=O) groups excluding carboxylic acids is 1. The Morgan fingerprint density at radius 1 is 0.581 bits per heavy atom. The zero-order valence-corrected chi connectivity index (χ0v) is 34.3. The van der Waals surface area contributed by atoms with Crippen molar-refractivity contribution < 1.29 is 32.5 Å². The Kier molecular flexibility index (Phi) is 15.5. The van der Waals surface area contributed by atoms with E-state index in [2.05, 4.69) is 39.7 Å². The van der Waals surface area contributed by atoms with E-state index in [9.17, 15) is 13.6 Å². The van der Waals surface area contributed by atoms with E-state index in [0.29, 0.717) is 42.6 Å². The fourth-order valence-corrected chi connectivity index (χ4v) is 6.91. The number of ether oxygens (including phenoxy) is 4. The van der Waals surface area contributed by atoms with Gasteiger partial charge in [-0.3, -0.25) is 14.8 Å². The normalized spacial score (nSPS) is 16.8. The maximum Gasteiger partial charge on any atom is 0.246 e. The van der Waals surface area contributed by atoms with Crippen molar-refractivity contribution in [2.45, 2.75) is 31.3 Å². The topological polar surface area (TPSA) is 104 Å². The number of pyridine rings is 2. The fraction of sp³-hybridized carbons (Fsp3) is 0.196. The lowest BCUT2D eigenvalue weighted by Gasteiger charge is -2.32. The van der Waals surface area contributed by atoms with Crippen LogP contribution in [-0.4, -0.2) is 60.9 Å². The minimum Gasteiger partial charge on any atom is -0.481 e. The number of hydrogen-bond acceptors (Lipinski definition) is 8. The van der Waals surface area contributed by atoms with Gasteiger partial charge in [0.1, 0.15) is 53.3 Å². The van der Waals surface area contributed by atoms with Gasteiger partial charge >= 0.3 is 0 Å². The number of rotatable bonds is 10. The average Bonchev–Trinajstić information content (AvgIpc) is 3.33. The summed E-state index contributed by atoms with van der Waals surface area (Å²) in [6, 6.07) is 49.7. The van der Waals surface area contributed by atoms with E-state index in [-0.39, 0.29) is 42.5 Å². The van der Waals surface area contributed by atoms with Gasteiger partial charge in [0.25, 0.3) is 0 Å². The Balaban J connectivity index is 0.000000161. The zero-order valence-electron chi connectivity index (χ0n) is 34.3. The molecule has 5 aromatic carbocycles. The summed E-state index contributed by atoms with van der Waals surface area (Å²) in [6.07, 6.45) is 2.21. The highest BCUT2D eigenvalue weighted by Gasteiger charge is 2.31. The Bertz CT molecular complexity index is 2410. The molecule has 7 aromatic rings. The number of aromatic nitrogens is 2. The van der Waals surface area contributed by atoms with E-state index in [1.807, 2.05) is 97.1 Å². The third kappa shape index (κ3) is 12.2. The maximum absolute atomic E-state index is 13.3. The van der Waals surface area contributed by atoms with Crippen molar-refractivity contribution in [3.8, 4) is 34.0 Å². The lowest BCUT2D eigenvalue weighted by Crippen LogP contribution is -2.46. The van der Waals surface area contributed by atoms with Crippen molar-refractivity contribution in [1.29, 1.82) is 0 Å². The summed E-state index contributed by atoms with van der Waals surface area (Å²) in [7, 11) is 0. The summed E-state index contributed by atoms with van der Waals surface area (Å²) < 4.78 is 51.1. The average molecular weight is 835 g/mol. The Morgan fingerprint density at radius 3 is 1.45 bits per heavy atom. The van der Waals surface area contributed by atoms with Gasteiger partial charge in [0.15, 0.2) is 12.2 Å². The molecule has 11 heteroatoms. The predicted octanol–water partition coefficient (Wildman–Crippen LogP) is 9.51. The summed E-state index contributed by atoms with van der Waals surface area (Å²) in [6.45, 7) is 4.63. The number of benzene rings is 5. The number of hydrogen-bond donors (Lipinski definition) is 2. The summed E-state index contributed by atoms with van der Waals surface area (Å²) in [5.74, 6) is 0.476. The van der Waals surface area contributed by atoms with Crippen LogP contribution in [0.5, 0.6) is 11.5 Å². The van der Waals surface area contributed by atoms with Gasteiger partial charge in [0.05, 0.1) is 6.61 Å². The van der Waals surface area contributed by atoms with E-state index < -0.39 is 6.10 Å². The third-order valence-electron chi connectivity index (χ3n) is 10.0. The van der Waals surface area contributed by atoms with E-state index in [1.165, 1.54) is 29.8 Å². The Hall–Kier alpha value is -6.79. The molecule has 0 spiro atoms. The number of morpholine rings is 2. The van der Waals surface area contributed by atoms with Crippen LogP contribution >= 0.6 is 0 Å². The van der Waals surface area contributed by atoms with E-state index in [0.717, 1.165) is 28.8 Å². The molecular weight excluding hydrogens is 787 g/mol. The minimum absolute atomic E-state index is 0.00474. The molecule has 2 aliphatic rings. The molecule has 316 valence electrons. The van der Waals surface area contributed by atoms with Crippen molar-refractivity contribution >= 4 is 5.91 Å². The number of aryl methyl sites for hydroxylation is 1. The summed E-state index contributed by atoms with van der Waals surface area (Å²) in [4.78, 5) is 20.4. The van der Waals surface area contributed by atoms with Crippen molar-refractivity contribution in [2.75, 3.05) is 32.8 Å². The van der Waals surface area contributed by atoms with Gasteiger partial charge in [-0.2, -0.15) is 0 Å². The molecule has 9 rings (SSSR count). The van der Waals surface area contributed by atoms with Crippen LogP contribution in [0.2, 0.25) is 0 Å². The second kappa shape index (κ2) is 22.2. The van der Waals surface area contributed by atoms with Gasteiger partial charge in [-0.1, -0.05) is 96.6 Å². The lowest BCUT2D eigenvalue weighted by molar-refractivity contribution is -0.137. The molecule has 4 heterocycles. The van der Waals surface area contributed by atoms with Crippen LogP contribution in [0.15, 0.2) is 176 Å². The number of halogens is 2. The molecule has 2 fully saturated rings. The molecule has 0 radical (unpaired) electrons. The molecule has 1 amide bonds. The molecule has 2 saturated heterocycles. The van der Waals surface area contributed by atoms with Crippen LogP contribution in [0.4, 0.5) is 8.78 Å². The first kappa shape index (κ1) is 43.3. The molecule has 2 aliphatic heterocycles. The molecule has 4 atom stereocenters. The van der Waals surface area contributed by atoms with Crippen molar-refractivity contribution in [2.24, 2.45) is 0 Å². The highest BCUT2D eigenvalue weighted by Crippen LogP contribution is 2.35. The van der Waals surface area contributed by atoms with Crippen molar-refractivity contribution in [1.82, 2.24) is 20.6 Å². The summed E-state index contributed by atoms with van der Waals surface area (Å²) in [5.41, 5.74) is 6.15. The largest absolute Gasteiger partial charge is 0.481 e. The first-order chi connectivity index (χ1) is 30.4. The molecule has 62 heavy (non-hydrogen) atoms. The maximum atomic E-state index is 13.3. The van der Waals surface area contributed by atoms with Crippen LogP contribution in [-0.2, 0) is 14.3 Å². The highest BCUT2D eigenvalue weighted by molar-refractivity contribution is 5.77. The highest BCUT2D eigenvalue weighted by atomic mass is 19.1. The van der Waals surface area contributed by atoms with Gasteiger partial charge in [-0.05, 0) is 90.8 Å². The molecule has 0 aliphatic carbocycles. The first-order valence-corrected chi connectivity index (χ1v) is 20.5. The van der Waals surface area contributed by atoms with Gasteiger partial charge in [-0.15, -0.1) is 0 Å². The van der Waals surface area contributed by atoms with Crippen LogP contribution in [0.3, 0.4) is 0 Å². The van der Waals surface area contributed by atoms with E-state index in [1.54, 1.807) is 42.7 Å². The second-order valence-electron chi connectivity index (χ2n) is 14.5. The fourth-order valence-electron chi connectivity index (χ4n) is 6.91. The lowest BCUT2D eigenvalue weighted by atomic mass is 10.0. The van der Waals surface area contributed by atoms with E-state index >= 15 is 0 Å². The third-order valence-corrected chi connectivity index (χ3v) is 10.0.